The van der Waals surface area contributed by atoms with Crippen molar-refractivity contribution in [2.24, 2.45) is 0 Å². The number of ether oxygens (including phenoxy) is 1. The van der Waals surface area contributed by atoms with Crippen LogP contribution in [0.25, 0.3) is 0 Å². The minimum absolute atomic E-state index is 0.0194. The predicted octanol–water partition coefficient (Wildman–Crippen LogP) is 2.10. The second-order valence-corrected chi connectivity index (χ2v) is 9.11. The Hall–Kier alpha value is -2.42. The largest absolute Gasteiger partial charge is 0.449 e. The quantitative estimate of drug-likeness (QED) is 0.718. The van der Waals surface area contributed by atoms with Gasteiger partial charge in [0.1, 0.15) is 0 Å². The molecule has 0 spiro atoms. The lowest BCUT2D eigenvalue weighted by molar-refractivity contribution is -0.127. The highest BCUT2D eigenvalue weighted by Gasteiger charge is 2.24. The molecular formula is C19H26N2O6S. The predicted molar refractivity (Wildman–Crippen MR) is 103 cm³/mol. The Morgan fingerprint density at radius 1 is 1.14 bits per heavy atom. The van der Waals surface area contributed by atoms with Crippen molar-refractivity contribution in [2.45, 2.75) is 63.0 Å². The van der Waals surface area contributed by atoms with Gasteiger partial charge in [-0.2, -0.15) is 0 Å². The molecule has 0 aromatic heterocycles. The Kier molecular flexibility index (Phi) is 7.17. The van der Waals surface area contributed by atoms with Crippen LogP contribution in [0.3, 0.4) is 0 Å². The zero-order chi connectivity index (χ0) is 20.9. The molecule has 0 heterocycles. The number of benzene rings is 1. The van der Waals surface area contributed by atoms with E-state index >= 15 is 0 Å². The van der Waals surface area contributed by atoms with Crippen molar-refractivity contribution in [3.05, 3.63) is 29.3 Å². The van der Waals surface area contributed by atoms with Crippen molar-refractivity contribution >= 4 is 27.7 Å². The molecular weight excluding hydrogens is 384 g/mol. The molecule has 28 heavy (non-hydrogen) atoms. The van der Waals surface area contributed by atoms with E-state index in [1.54, 1.807) is 6.92 Å². The van der Waals surface area contributed by atoms with Crippen LogP contribution in [-0.4, -0.2) is 44.7 Å². The van der Waals surface area contributed by atoms with Crippen molar-refractivity contribution in [1.82, 2.24) is 10.6 Å². The number of nitrogens with one attached hydrogen (secondary N) is 2. The smallest absolute Gasteiger partial charge is 0.339 e. The molecule has 0 aliphatic heterocycles. The number of carbonyl (C=O) groups excluding carboxylic acids is 3. The van der Waals surface area contributed by atoms with Gasteiger partial charge in [-0.25, -0.2) is 18.0 Å². The number of sulfone groups is 1. The number of imide groups is 1. The molecule has 0 bridgehead atoms. The van der Waals surface area contributed by atoms with Crippen LogP contribution in [-0.2, 0) is 19.4 Å². The number of amides is 3. The van der Waals surface area contributed by atoms with Crippen LogP contribution in [0.4, 0.5) is 4.79 Å². The maximum atomic E-state index is 12.4. The fraction of sp³-hybridized carbons (Fsp3) is 0.526. The molecule has 2 N–H and O–H groups in total. The Morgan fingerprint density at radius 3 is 2.39 bits per heavy atom. The lowest BCUT2D eigenvalue weighted by Gasteiger charge is -2.23. The molecule has 9 heteroatoms. The van der Waals surface area contributed by atoms with E-state index in [4.69, 9.17) is 4.74 Å². The number of carbonyl (C=O) groups is 3. The lowest BCUT2D eigenvalue weighted by atomic mass is 9.96. The molecule has 154 valence electrons. The van der Waals surface area contributed by atoms with E-state index in [1.807, 2.05) is 0 Å². The van der Waals surface area contributed by atoms with Gasteiger partial charge in [0.05, 0.1) is 10.5 Å². The number of hydrogen-bond donors (Lipinski definition) is 2. The zero-order valence-corrected chi connectivity index (χ0v) is 17.1. The van der Waals surface area contributed by atoms with Crippen LogP contribution >= 0.6 is 0 Å². The van der Waals surface area contributed by atoms with Crippen molar-refractivity contribution in [1.29, 1.82) is 0 Å². The normalized spacial score (nSPS) is 16.1. The summed E-state index contributed by atoms with van der Waals surface area (Å²) in [7, 11) is -3.49. The van der Waals surface area contributed by atoms with Crippen molar-refractivity contribution in [2.75, 3.05) is 6.26 Å². The summed E-state index contributed by atoms with van der Waals surface area (Å²) in [6.45, 7) is 2.97. The van der Waals surface area contributed by atoms with Crippen LogP contribution in [0.15, 0.2) is 23.1 Å². The van der Waals surface area contributed by atoms with Gasteiger partial charge in [0, 0.05) is 12.3 Å². The molecule has 1 atom stereocenters. The molecule has 1 aliphatic rings. The van der Waals surface area contributed by atoms with Gasteiger partial charge in [-0.3, -0.25) is 10.1 Å². The van der Waals surface area contributed by atoms with E-state index in [0.717, 1.165) is 38.4 Å². The standard InChI is InChI=1S/C19H26N2O6S/c1-12-9-10-15(28(3,25)26)11-16(12)18(23)27-13(2)17(22)21-19(24)20-14-7-5-4-6-8-14/h9-11,13-14H,4-8H2,1-3H3,(H2,20,21,22,24)/t13-/m0/s1. The van der Waals surface area contributed by atoms with Crippen molar-refractivity contribution in [3.8, 4) is 0 Å². The number of esters is 1. The first-order valence-corrected chi connectivity index (χ1v) is 11.1. The van der Waals surface area contributed by atoms with Gasteiger partial charge in [0.2, 0.25) is 0 Å². The number of rotatable bonds is 5. The van der Waals surface area contributed by atoms with Gasteiger partial charge in [-0.1, -0.05) is 25.3 Å². The average molecular weight is 410 g/mol. The minimum atomic E-state index is -3.49. The van der Waals surface area contributed by atoms with Gasteiger partial charge in [0.15, 0.2) is 15.9 Å². The molecule has 2 rings (SSSR count). The molecule has 1 saturated carbocycles. The first-order valence-electron chi connectivity index (χ1n) is 9.21. The summed E-state index contributed by atoms with van der Waals surface area (Å²) in [5, 5.41) is 4.92. The van der Waals surface area contributed by atoms with Crippen molar-refractivity contribution < 1.29 is 27.5 Å². The average Bonchev–Trinajstić information content (AvgIpc) is 2.61. The molecule has 8 nitrogen and oxygen atoms in total. The highest BCUT2D eigenvalue weighted by molar-refractivity contribution is 7.90. The molecule has 0 radical (unpaired) electrons. The Balaban J connectivity index is 1.96. The van der Waals surface area contributed by atoms with E-state index in [0.29, 0.717) is 5.56 Å². The summed E-state index contributed by atoms with van der Waals surface area (Å²) in [6, 6.07) is 3.53. The molecule has 1 aromatic rings. The van der Waals surface area contributed by atoms with Crippen LogP contribution in [0.1, 0.15) is 54.9 Å². The SMILES string of the molecule is Cc1ccc(S(C)(=O)=O)cc1C(=O)O[C@@H](C)C(=O)NC(=O)NC1CCCCC1. The maximum absolute atomic E-state index is 12.4. The van der Waals surface area contributed by atoms with E-state index in [1.165, 1.54) is 25.1 Å². The van der Waals surface area contributed by atoms with Crippen LogP contribution < -0.4 is 10.6 Å². The van der Waals surface area contributed by atoms with E-state index < -0.39 is 33.8 Å². The third-order valence-corrected chi connectivity index (χ3v) is 5.80. The van der Waals surface area contributed by atoms with E-state index in [-0.39, 0.29) is 16.5 Å². The maximum Gasteiger partial charge on any atom is 0.339 e. The molecule has 0 unspecified atom stereocenters. The highest BCUT2D eigenvalue weighted by Crippen LogP contribution is 2.18. The van der Waals surface area contributed by atoms with Gasteiger partial charge < -0.3 is 10.1 Å². The van der Waals surface area contributed by atoms with Crippen LogP contribution in [0.5, 0.6) is 0 Å². The third-order valence-electron chi connectivity index (χ3n) is 4.69. The van der Waals surface area contributed by atoms with Gasteiger partial charge in [-0.15, -0.1) is 0 Å². The van der Waals surface area contributed by atoms with E-state index in [9.17, 15) is 22.8 Å². The summed E-state index contributed by atoms with van der Waals surface area (Å²) in [5.41, 5.74) is 0.564. The number of aryl methyl sites for hydroxylation is 1. The highest BCUT2D eigenvalue weighted by atomic mass is 32.2. The summed E-state index contributed by atoms with van der Waals surface area (Å²) in [4.78, 5) is 36.4. The van der Waals surface area contributed by atoms with E-state index in [2.05, 4.69) is 10.6 Å². The first-order chi connectivity index (χ1) is 13.1. The van der Waals surface area contributed by atoms with Gasteiger partial charge in [0.25, 0.3) is 5.91 Å². The molecule has 1 fully saturated rings. The van der Waals surface area contributed by atoms with Crippen molar-refractivity contribution in [3.63, 3.8) is 0 Å². The topological polar surface area (TPSA) is 119 Å². The number of hydrogen-bond acceptors (Lipinski definition) is 6. The Morgan fingerprint density at radius 2 is 1.79 bits per heavy atom. The minimum Gasteiger partial charge on any atom is -0.449 e. The number of urea groups is 1. The molecule has 1 aliphatic carbocycles. The van der Waals surface area contributed by atoms with Gasteiger partial charge >= 0.3 is 12.0 Å². The monoisotopic (exact) mass is 410 g/mol. The molecule has 3 amide bonds. The fourth-order valence-electron chi connectivity index (χ4n) is 3.01. The lowest BCUT2D eigenvalue weighted by Crippen LogP contribution is -2.48. The summed E-state index contributed by atoms with van der Waals surface area (Å²) >= 11 is 0. The molecule has 0 saturated heterocycles. The van der Waals surface area contributed by atoms with Crippen LogP contribution in [0.2, 0.25) is 0 Å². The fourth-order valence-corrected chi connectivity index (χ4v) is 3.66. The first kappa shape index (κ1) is 21.9. The molecule has 1 aromatic carbocycles. The summed E-state index contributed by atoms with van der Waals surface area (Å²) in [5.74, 6) is -1.59. The Labute approximate surface area is 164 Å². The zero-order valence-electron chi connectivity index (χ0n) is 16.3. The second kappa shape index (κ2) is 9.18. The second-order valence-electron chi connectivity index (χ2n) is 7.09. The Bertz CT molecular complexity index is 859. The summed E-state index contributed by atoms with van der Waals surface area (Å²) < 4.78 is 28.5. The van der Waals surface area contributed by atoms with Crippen LogP contribution in [0, 0.1) is 6.92 Å². The summed E-state index contributed by atoms with van der Waals surface area (Å²) in [6.07, 6.45) is 4.80. The third kappa shape index (κ3) is 6.05. The van der Waals surface area contributed by atoms with Gasteiger partial charge in [-0.05, 0) is 44.4 Å².